The monoisotopic (exact) mass is 471 g/mol. The number of carbonyl (C=O) groups is 1. The first-order valence-electron chi connectivity index (χ1n) is 10.1. The second kappa shape index (κ2) is 9.19. The van der Waals surface area contributed by atoms with Crippen LogP contribution >= 0.6 is 11.6 Å². The molecule has 0 radical (unpaired) electrons. The van der Waals surface area contributed by atoms with Gasteiger partial charge >= 0.3 is 6.18 Å². The number of nitrogens with zero attached hydrogens (tertiary/aromatic N) is 5. The largest absolute Gasteiger partial charge is 0.468 e. The van der Waals surface area contributed by atoms with Gasteiger partial charge in [-0.2, -0.15) is 13.2 Å². The van der Waals surface area contributed by atoms with Gasteiger partial charge in [0, 0.05) is 55.1 Å². The van der Waals surface area contributed by atoms with Crippen LogP contribution in [0.4, 0.5) is 13.2 Å². The number of alkyl halides is 3. The number of hydrogen-bond acceptors (Lipinski definition) is 6. The summed E-state index contributed by atoms with van der Waals surface area (Å²) in [4.78, 5) is 27.8. The van der Waals surface area contributed by atoms with Gasteiger partial charge in [0.1, 0.15) is 0 Å². The molecule has 0 atom stereocenters. The minimum absolute atomic E-state index is 0.0316. The zero-order valence-corrected chi connectivity index (χ0v) is 19.1. The van der Waals surface area contributed by atoms with Crippen molar-refractivity contribution in [2.75, 3.05) is 32.8 Å². The van der Waals surface area contributed by atoms with E-state index in [9.17, 15) is 18.0 Å². The normalized spacial score (nSPS) is 15.7. The minimum atomic E-state index is -4.65. The molecule has 0 spiro atoms. The molecule has 2 aromatic heterocycles. The summed E-state index contributed by atoms with van der Waals surface area (Å²) in [5.74, 6) is 0.0435. The standard InChI is InChI=1S/C21H25ClF3N5O2/c1-13-17(27-19(22)28-18(13)21(23,24)25)14-5-6-15(26-11-14)32-12-16(31)29-7-9-30(10-8-29)20(2,3)4/h5-6,11H,7-10,12H2,1-4H3. The lowest BCUT2D eigenvalue weighted by Crippen LogP contribution is -2.55. The van der Waals surface area contributed by atoms with Gasteiger partial charge in [-0.1, -0.05) is 0 Å². The Morgan fingerprint density at radius 1 is 1.12 bits per heavy atom. The zero-order chi connectivity index (χ0) is 23.7. The van der Waals surface area contributed by atoms with Crippen molar-refractivity contribution in [3.63, 3.8) is 0 Å². The number of hydrogen-bond donors (Lipinski definition) is 0. The number of aromatic nitrogens is 3. The maximum Gasteiger partial charge on any atom is 0.433 e. The average Bonchev–Trinajstić information content (AvgIpc) is 2.72. The number of piperazine rings is 1. The maximum absolute atomic E-state index is 13.2. The molecule has 174 valence electrons. The lowest BCUT2D eigenvalue weighted by molar-refractivity contribution is -0.141. The Hall–Kier alpha value is -2.46. The van der Waals surface area contributed by atoms with Crippen LogP contribution in [0.5, 0.6) is 5.88 Å². The Morgan fingerprint density at radius 2 is 1.78 bits per heavy atom. The van der Waals surface area contributed by atoms with Crippen molar-refractivity contribution in [3.05, 3.63) is 34.9 Å². The van der Waals surface area contributed by atoms with E-state index in [0.29, 0.717) is 18.7 Å². The van der Waals surface area contributed by atoms with E-state index in [1.807, 2.05) is 0 Å². The average molecular weight is 472 g/mol. The van der Waals surface area contributed by atoms with Crippen LogP contribution in [0.3, 0.4) is 0 Å². The van der Waals surface area contributed by atoms with Crippen molar-refractivity contribution >= 4 is 17.5 Å². The molecule has 32 heavy (non-hydrogen) atoms. The van der Waals surface area contributed by atoms with Gasteiger partial charge in [0.2, 0.25) is 11.2 Å². The molecule has 11 heteroatoms. The fourth-order valence-corrected chi connectivity index (χ4v) is 3.67. The predicted molar refractivity (Wildman–Crippen MR) is 113 cm³/mol. The van der Waals surface area contributed by atoms with Gasteiger partial charge in [0.05, 0.1) is 5.69 Å². The third-order valence-corrected chi connectivity index (χ3v) is 5.49. The first-order chi connectivity index (χ1) is 14.9. The molecule has 0 N–H and O–H groups in total. The fourth-order valence-electron chi connectivity index (χ4n) is 3.51. The molecule has 1 amide bonds. The lowest BCUT2D eigenvalue weighted by Gasteiger charge is -2.42. The summed E-state index contributed by atoms with van der Waals surface area (Å²) in [7, 11) is 0. The maximum atomic E-state index is 13.2. The van der Waals surface area contributed by atoms with E-state index in [1.165, 1.54) is 25.3 Å². The van der Waals surface area contributed by atoms with Gasteiger partial charge in [0.25, 0.3) is 5.91 Å². The van der Waals surface area contributed by atoms with Gasteiger partial charge in [-0.25, -0.2) is 15.0 Å². The fraction of sp³-hybridized carbons (Fsp3) is 0.524. The molecule has 0 bridgehead atoms. The molecule has 0 saturated carbocycles. The van der Waals surface area contributed by atoms with Crippen LogP contribution in [0, 0.1) is 6.92 Å². The highest BCUT2D eigenvalue weighted by Gasteiger charge is 2.36. The van der Waals surface area contributed by atoms with Gasteiger partial charge in [0.15, 0.2) is 12.3 Å². The first kappa shape index (κ1) is 24.2. The van der Waals surface area contributed by atoms with Crippen molar-refractivity contribution in [3.8, 4) is 17.1 Å². The van der Waals surface area contributed by atoms with Crippen LogP contribution in [0.25, 0.3) is 11.3 Å². The molecule has 3 rings (SSSR count). The number of ether oxygens (including phenoxy) is 1. The highest BCUT2D eigenvalue weighted by molar-refractivity contribution is 6.28. The van der Waals surface area contributed by atoms with E-state index < -0.39 is 17.2 Å². The Morgan fingerprint density at radius 3 is 2.31 bits per heavy atom. The molecule has 1 saturated heterocycles. The summed E-state index contributed by atoms with van der Waals surface area (Å²) in [5, 5.41) is -0.504. The lowest BCUT2D eigenvalue weighted by atomic mass is 10.1. The van der Waals surface area contributed by atoms with E-state index in [0.717, 1.165) is 13.1 Å². The summed E-state index contributed by atoms with van der Waals surface area (Å²) in [5.41, 5.74) is -0.824. The van der Waals surface area contributed by atoms with Crippen molar-refractivity contribution in [1.82, 2.24) is 24.8 Å². The van der Waals surface area contributed by atoms with Gasteiger partial charge < -0.3 is 9.64 Å². The third kappa shape index (κ3) is 5.66. The van der Waals surface area contributed by atoms with Crippen LogP contribution in [0.2, 0.25) is 5.28 Å². The Bertz CT molecular complexity index is 969. The van der Waals surface area contributed by atoms with E-state index in [-0.39, 0.29) is 35.2 Å². The summed E-state index contributed by atoms with van der Waals surface area (Å²) in [6.45, 7) is 10.4. The number of halogens is 4. The van der Waals surface area contributed by atoms with Crippen LogP contribution in [-0.2, 0) is 11.0 Å². The van der Waals surface area contributed by atoms with Crippen LogP contribution in [0.1, 0.15) is 32.0 Å². The summed E-state index contributed by atoms with van der Waals surface area (Å²) < 4.78 is 45.0. The summed E-state index contributed by atoms with van der Waals surface area (Å²) >= 11 is 5.69. The first-order valence-corrected chi connectivity index (χ1v) is 10.5. The molecular weight excluding hydrogens is 447 g/mol. The molecule has 3 heterocycles. The van der Waals surface area contributed by atoms with Crippen molar-refractivity contribution < 1.29 is 22.7 Å². The Kier molecular flexibility index (Phi) is 6.94. The van der Waals surface area contributed by atoms with Gasteiger partial charge in [-0.05, 0) is 45.4 Å². The van der Waals surface area contributed by atoms with Crippen LogP contribution in [-0.4, -0.2) is 69.0 Å². The molecule has 1 aliphatic rings. The van der Waals surface area contributed by atoms with Gasteiger partial charge in [-0.15, -0.1) is 0 Å². The zero-order valence-electron chi connectivity index (χ0n) is 18.3. The summed E-state index contributed by atoms with van der Waals surface area (Å²) in [6, 6.07) is 2.99. The number of pyridine rings is 1. The Labute approximate surface area is 189 Å². The second-order valence-corrected chi connectivity index (χ2v) is 8.86. The predicted octanol–water partition coefficient (Wildman–Crippen LogP) is 3.84. The molecule has 0 aliphatic carbocycles. The number of carbonyl (C=O) groups excluding carboxylic acids is 1. The highest BCUT2D eigenvalue weighted by atomic mass is 35.5. The van der Waals surface area contributed by atoms with Crippen LogP contribution in [0.15, 0.2) is 18.3 Å². The molecule has 1 aliphatic heterocycles. The third-order valence-electron chi connectivity index (χ3n) is 5.32. The van der Waals surface area contributed by atoms with E-state index in [4.69, 9.17) is 16.3 Å². The molecule has 7 nitrogen and oxygen atoms in total. The minimum Gasteiger partial charge on any atom is -0.468 e. The topological polar surface area (TPSA) is 71.5 Å². The molecule has 0 unspecified atom stereocenters. The van der Waals surface area contributed by atoms with Crippen molar-refractivity contribution in [1.29, 1.82) is 0 Å². The molecular formula is C21H25ClF3N5O2. The second-order valence-electron chi connectivity index (χ2n) is 8.53. The van der Waals surface area contributed by atoms with Crippen molar-refractivity contribution in [2.45, 2.75) is 39.4 Å². The van der Waals surface area contributed by atoms with Crippen molar-refractivity contribution in [2.24, 2.45) is 0 Å². The smallest absolute Gasteiger partial charge is 0.433 e. The number of rotatable bonds is 4. The van der Waals surface area contributed by atoms with E-state index in [1.54, 1.807) is 4.90 Å². The Balaban J connectivity index is 1.63. The summed E-state index contributed by atoms with van der Waals surface area (Å²) in [6.07, 6.45) is -3.33. The van der Waals surface area contributed by atoms with E-state index >= 15 is 0 Å². The van der Waals surface area contributed by atoms with E-state index in [2.05, 4.69) is 40.6 Å². The SMILES string of the molecule is Cc1c(-c2ccc(OCC(=O)N3CCN(C(C)(C)C)CC3)nc2)nc(Cl)nc1C(F)(F)F. The molecule has 0 aromatic carbocycles. The quantitative estimate of drug-likeness (QED) is 0.631. The molecule has 1 fully saturated rings. The number of amides is 1. The molecule has 2 aromatic rings. The van der Waals surface area contributed by atoms with Gasteiger partial charge in [-0.3, -0.25) is 9.69 Å². The van der Waals surface area contributed by atoms with Crippen LogP contribution < -0.4 is 4.74 Å². The highest BCUT2D eigenvalue weighted by Crippen LogP contribution is 2.35.